The molecule has 3 aromatic rings. The Kier molecular flexibility index (Phi) is 5.91. The number of benzene rings is 3. The number of nitriles is 1. The molecule has 7 nitrogen and oxygen atoms in total. The maximum atomic E-state index is 13.5. The van der Waals surface area contributed by atoms with E-state index in [0.29, 0.717) is 16.7 Å². The Morgan fingerprint density at radius 1 is 0.973 bits per heavy atom. The minimum Gasteiger partial charge on any atom is -0.334 e. The van der Waals surface area contributed by atoms with Crippen LogP contribution in [0, 0.1) is 11.3 Å². The molecular weight excluding hydrogens is 485 g/mol. The second-order valence-electron chi connectivity index (χ2n) is 8.78. The first-order chi connectivity index (χ1) is 17.7. The van der Waals surface area contributed by atoms with Crippen LogP contribution in [0.3, 0.4) is 0 Å². The maximum Gasteiger partial charge on any atom is 0.416 e. The number of anilines is 1. The van der Waals surface area contributed by atoms with Crippen LogP contribution in [0.1, 0.15) is 31.8 Å². The van der Waals surface area contributed by atoms with Crippen molar-refractivity contribution in [2.45, 2.75) is 12.2 Å². The van der Waals surface area contributed by atoms with Gasteiger partial charge in [-0.15, -0.1) is 0 Å². The molecule has 186 valence electrons. The van der Waals surface area contributed by atoms with E-state index < -0.39 is 29.6 Å². The van der Waals surface area contributed by atoms with Crippen molar-refractivity contribution in [3.8, 4) is 17.2 Å². The standard InChI is InChI=1S/C27H19F3N4O3/c28-27(29,30)20-3-1-2-18(12-20)19-8-9-22-21(13-19)26(37)34-11-10-33(15-23(34)24(35)32-22)25(36)17-6-4-16(14-31)5-7-17/h1-9,12-13,23H,10-11,15H2,(H,32,35)/t23-/m0/s1. The second kappa shape index (κ2) is 9.09. The third kappa shape index (κ3) is 4.51. The fourth-order valence-electron chi connectivity index (χ4n) is 4.56. The molecule has 1 fully saturated rings. The molecule has 3 amide bonds. The van der Waals surface area contributed by atoms with Gasteiger partial charge in [0.2, 0.25) is 5.91 Å². The summed E-state index contributed by atoms with van der Waals surface area (Å²) in [7, 11) is 0. The molecule has 0 aliphatic carbocycles. The summed E-state index contributed by atoms with van der Waals surface area (Å²) in [5, 5.41) is 11.7. The van der Waals surface area contributed by atoms with Crippen molar-refractivity contribution in [1.29, 1.82) is 5.26 Å². The van der Waals surface area contributed by atoms with E-state index in [1.165, 1.54) is 58.3 Å². The van der Waals surface area contributed by atoms with Gasteiger partial charge in [0.05, 0.1) is 35.0 Å². The molecule has 5 rings (SSSR count). The lowest BCUT2D eigenvalue weighted by molar-refractivity contribution is -0.137. The quantitative estimate of drug-likeness (QED) is 0.567. The molecule has 1 atom stereocenters. The normalized spacial score (nSPS) is 17.3. The third-order valence-electron chi connectivity index (χ3n) is 6.52. The summed E-state index contributed by atoms with van der Waals surface area (Å²) in [5.41, 5.74) is 1.08. The number of piperazine rings is 1. The molecule has 10 heteroatoms. The van der Waals surface area contributed by atoms with E-state index in [1.807, 2.05) is 6.07 Å². The molecule has 1 saturated heterocycles. The van der Waals surface area contributed by atoms with Crippen molar-refractivity contribution < 1.29 is 27.6 Å². The van der Waals surface area contributed by atoms with Gasteiger partial charge in [-0.05, 0) is 59.7 Å². The molecule has 3 aromatic carbocycles. The zero-order chi connectivity index (χ0) is 26.3. The predicted molar refractivity (Wildman–Crippen MR) is 127 cm³/mol. The Morgan fingerprint density at radius 2 is 1.70 bits per heavy atom. The minimum absolute atomic E-state index is 0.0229. The van der Waals surface area contributed by atoms with Crippen LogP contribution in [0.5, 0.6) is 0 Å². The number of alkyl halides is 3. The average Bonchev–Trinajstić information content (AvgIpc) is 3.01. The average molecular weight is 504 g/mol. The van der Waals surface area contributed by atoms with Gasteiger partial charge in [-0.1, -0.05) is 18.2 Å². The topological polar surface area (TPSA) is 93.5 Å². The summed E-state index contributed by atoms with van der Waals surface area (Å²) in [4.78, 5) is 42.4. The van der Waals surface area contributed by atoms with Crippen LogP contribution in [0.25, 0.3) is 11.1 Å². The van der Waals surface area contributed by atoms with Crippen molar-refractivity contribution in [2.75, 3.05) is 25.0 Å². The van der Waals surface area contributed by atoms with Gasteiger partial charge in [0.25, 0.3) is 11.8 Å². The monoisotopic (exact) mass is 504 g/mol. The summed E-state index contributed by atoms with van der Waals surface area (Å²) in [6.45, 7) is 0.272. The van der Waals surface area contributed by atoms with Crippen LogP contribution in [-0.4, -0.2) is 53.2 Å². The van der Waals surface area contributed by atoms with E-state index in [4.69, 9.17) is 5.26 Å². The molecule has 0 spiro atoms. The molecule has 2 aliphatic rings. The molecule has 0 aromatic heterocycles. The zero-order valence-electron chi connectivity index (χ0n) is 19.2. The predicted octanol–water partition coefficient (Wildman–Crippen LogP) is 4.16. The summed E-state index contributed by atoms with van der Waals surface area (Å²) in [6.07, 6.45) is -4.51. The summed E-state index contributed by atoms with van der Waals surface area (Å²) >= 11 is 0. The van der Waals surface area contributed by atoms with Gasteiger partial charge in [0.15, 0.2) is 0 Å². The number of amides is 3. The van der Waals surface area contributed by atoms with Gasteiger partial charge in [-0.25, -0.2) is 0 Å². The van der Waals surface area contributed by atoms with Gasteiger partial charge < -0.3 is 15.1 Å². The molecule has 1 N–H and O–H groups in total. The molecule has 0 radical (unpaired) electrons. The number of rotatable bonds is 2. The fraction of sp³-hybridized carbons (Fsp3) is 0.185. The second-order valence-corrected chi connectivity index (χ2v) is 8.78. The van der Waals surface area contributed by atoms with Crippen LogP contribution < -0.4 is 5.32 Å². The Morgan fingerprint density at radius 3 is 2.41 bits per heavy atom. The lowest BCUT2D eigenvalue weighted by atomic mass is 9.99. The zero-order valence-corrected chi connectivity index (χ0v) is 19.2. The Labute approximate surface area is 209 Å². The van der Waals surface area contributed by atoms with Gasteiger partial charge in [0, 0.05) is 18.7 Å². The van der Waals surface area contributed by atoms with Crippen molar-refractivity contribution in [1.82, 2.24) is 9.80 Å². The van der Waals surface area contributed by atoms with Crippen LogP contribution >= 0.6 is 0 Å². The summed E-state index contributed by atoms with van der Waals surface area (Å²) in [6, 6.07) is 16.5. The maximum absolute atomic E-state index is 13.5. The van der Waals surface area contributed by atoms with Gasteiger partial charge in [-0.3, -0.25) is 14.4 Å². The smallest absolute Gasteiger partial charge is 0.334 e. The summed E-state index contributed by atoms with van der Waals surface area (Å²) in [5.74, 6) is -1.23. The highest BCUT2D eigenvalue weighted by atomic mass is 19.4. The lowest BCUT2D eigenvalue weighted by Crippen LogP contribution is -2.59. The van der Waals surface area contributed by atoms with E-state index in [2.05, 4.69) is 5.32 Å². The largest absolute Gasteiger partial charge is 0.416 e. The van der Waals surface area contributed by atoms with Gasteiger partial charge in [-0.2, -0.15) is 18.4 Å². The third-order valence-corrected chi connectivity index (χ3v) is 6.52. The first-order valence-corrected chi connectivity index (χ1v) is 11.4. The van der Waals surface area contributed by atoms with E-state index >= 15 is 0 Å². The number of carbonyl (C=O) groups is 3. The number of carbonyl (C=O) groups excluding carboxylic acids is 3. The van der Waals surface area contributed by atoms with Crippen molar-refractivity contribution in [3.05, 3.63) is 89.0 Å². The summed E-state index contributed by atoms with van der Waals surface area (Å²) < 4.78 is 39.5. The molecule has 0 saturated carbocycles. The van der Waals surface area contributed by atoms with Gasteiger partial charge >= 0.3 is 6.18 Å². The Hall–Kier alpha value is -4.65. The number of halogens is 3. The molecule has 2 aliphatic heterocycles. The highest BCUT2D eigenvalue weighted by Gasteiger charge is 2.40. The first-order valence-electron chi connectivity index (χ1n) is 11.4. The highest BCUT2D eigenvalue weighted by Crippen LogP contribution is 2.34. The number of fused-ring (bicyclic) bond motifs is 2. The fourth-order valence-corrected chi connectivity index (χ4v) is 4.56. The first kappa shape index (κ1) is 24.1. The molecule has 37 heavy (non-hydrogen) atoms. The number of nitrogens with one attached hydrogen (secondary N) is 1. The SMILES string of the molecule is N#Cc1ccc(C(=O)N2CCN3C(=O)c4cc(-c5cccc(C(F)(F)F)c5)ccc4NC(=O)[C@@H]3C2)cc1. The number of nitrogens with zero attached hydrogens (tertiary/aromatic N) is 3. The van der Waals surface area contributed by atoms with E-state index in [-0.39, 0.29) is 42.4 Å². The van der Waals surface area contributed by atoms with Gasteiger partial charge in [0.1, 0.15) is 6.04 Å². The lowest BCUT2D eigenvalue weighted by Gasteiger charge is -2.39. The number of hydrogen-bond acceptors (Lipinski definition) is 4. The van der Waals surface area contributed by atoms with Crippen molar-refractivity contribution in [3.63, 3.8) is 0 Å². The minimum atomic E-state index is -4.51. The van der Waals surface area contributed by atoms with E-state index in [1.54, 1.807) is 6.07 Å². The van der Waals surface area contributed by atoms with E-state index in [0.717, 1.165) is 12.1 Å². The van der Waals surface area contributed by atoms with Crippen molar-refractivity contribution >= 4 is 23.4 Å². The highest BCUT2D eigenvalue weighted by molar-refractivity contribution is 6.11. The van der Waals surface area contributed by atoms with Crippen LogP contribution in [-0.2, 0) is 11.0 Å². The molecular formula is C27H19F3N4O3. The van der Waals surface area contributed by atoms with E-state index in [9.17, 15) is 27.6 Å². The molecule has 2 heterocycles. The Balaban J connectivity index is 1.41. The molecule has 0 unspecified atom stereocenters. The van der Waals surface area contributed by atoms with Crippen LogP contribution in [0.2, 0.25) is 0 Å². The van der Waals surface area contributed by atoms with Crippen molar-refractivity contribution in [2.24, 2.45) is 0 Å². The number of hydrogen-bond donors (Lipinski definition) is 1. The van der Waals surface area contributed by atoms with Crippen LogP contribution in [0.4, 0.5) is 18.9 Å². The van der Waals surface area contributed by atoms with Crippen LogP contribution in [0.15, 0.2) is 66.7 Å². The molecule has 0 bridgehead atoms. The Bertz CT molecular complexity index is 1460.